The quantitative estimate of drug-likeness (QED) is 0.876. The molecule has 106 valence electrons. The van der Waals surface area contributed by atoms with Crippen molar-refractivity contribution in [3.8, 4) is 17.1 Å². The number of rotatable bonds is 6. The Labute approximate surface area is 119 Å². The molecule has 0 amide bonds. The zero-order valence-electron chi connectivity index (χ0n) is 12.2. The number of nitrogens with one attached hydrogen (secondary N) is 1. The number of hydrogen-bond donors (Lipinski definition) is 1. The van der Waals surface area contributed by atoms with E-state index in [2.05, 4.69) is 34.1 Å². The largest absolute Gasteiger partial charge is 0.481 e. The first-order valence-corrected chi connectivity index (χ1v) is 6.88. The Kier molecular flexibility index (Phi) is 4.87. The lowest BCUT2D eigenvalue weighted by Gasteiger charge is -2.13. The van der Waals surface area contributed by atoms with Crippen LogP contribution in [0.4, 0.5) is 5.82 Å². The fourth-order valence-corrected chi connectivity index (χ4v) is 2.14. The van der Waals surface area contributed by atoms with Crippen LogP contribution in [0.5, 0.6) is 5.88 Å². The Hall–Kier alpha value is -2.17. The second-order valence-electron chi connectivity index (χ2n) is 4.42. The highest BCUT2D eigenvalue weighted by Crippen LogP contribution is 2.28. The van der Waals surface area contributed by atoms with Crippen molar-refractivity contribution in [2.75, 3.05) is 19.0 Å². The molecule has 0 aliphatic rings. The third-order valence-electron chi connectivity index (χ3n) is 3.01. The van der Waals surface area contributed by atoms with Crippen LogP contribution in [0.25, 0.3) is 11.3 Å². The summed E-state index contributed by atoms with van der Waals surface area (Å²) < 4.78 is 5.18. The molecule has 0 atom stereocenters. The lowest BCUT2D eigenvalue weighted by atomic mass is 10.0. The first kappa shape index (κ1) is 14.2. The van der Waals surface area contributed by atoms with E-state index in [1.165, 1.54) is 0 Å². The van der Waals surface area contributed by atoms with Gasteiger partial charge >= 0.3 is 0 Å². The SMILES string of the molecule is CCCc1c(NCC)ncnc1-c1ccnc(OC)c1. The highest BCUT2D eigenvalue weighted by atomic mass is 16.5. The van der Waals surface area contributed by atoms with Crippen molar-refractivity contribution in [3.63, 3.8) is 0 Å². The van der Waals surface area contributed by atoms with E-state index in [4.69, 9.17) is 4.74 Å². The topological polar surface area (TPSA) is 59.9 Å². The zero-order valence-corrected chi connectivity index (χ0v) is 12.2. The molecule has 0 radical (unpaired) electrons. The number of nitrogens with zero attached hydrogens (tertiary/aromatic N) is 3. The minimum absolute atomic E-state index is 0.591. The average molecular weight is 272 g/mol. The van der Waals surface area contributed by atoms with Gasteiger partial charge in [0.2, 0.25) is 5.88 Å². The standard InChI is InChI=1S/C15H20N4O/c1-4-6-12-14(18-10-19-15(12)16-5-2)11-7-8-17-13(9-11)20-3/h7-10H,4-6H2,1-3H3,(H,16,18,19). The highest BCUT2D eigenvalue weighted by molar-refractivity contribution is 5.68. The van der Waals surface area contributed by atoms with E-state index < -0.39 is 0 Å². The first-order chi connectivity index (χ1) is 9.80. The summed E-state index contributed by atoms with van der Waals surface area (Å²) in [6.45, 7) is 5.06. The van der Waals surface area contributed by atoms with E-state index >= 15 is 0 Å². The van der Waals surface area contributed by atoms with Crippen molar-refractivity contribution in [1.82, 2.24) is 15.0 Å². The van der Waals surface area contributed by atoms with Crippen molar-refractivity contribution >= 4 is 5.82 Å². The Morgan fingerprint density at radius 3 is 2.75 bits per heavy atom. The third-order valence-corrected chi connectivity index (χ3v) is 3.01. The maximum absolute atomic E-state index is 5.18. The molecule has 2 aromatic heterocycles. The van der Waals surface area contributed by atoms with Gasteiger partial charge in [0.05, 0.1) is 12.8 Å². The summed E-state index contributed by atoms with van der Waals surface area (Å²) in [5.41, 5.74) is 3.09. The van der Waals surface area contributed by atoms with E-state index in [1.807, 2.05) is 12.1 Å². The van der Waals surface area contributed by atoms with Gasteiger partial charge in [0.1, 0.15) is 12.1 Å². The molecule has 1 N–H and O–H groups in total. The molecule has 0 aromatic carbocycles. The van der Waals surface area contributed by atoms with Gasteiger partial charge < -0.3 is 10.1 Å². The van der Waals surface area contributed by atoms with Crippen LogP contribution in [0, 0.1) is 0 Å². The molecular weight excluding hydrogens is 252 g/mol. The summed E-state index contributed by atoms with van der Waals surface area (Å²) in [7, 11) is 1.61. The molecule has 0 saturated carbocycles. The maximum atomic E-state index is 5.18. The lowest BCUT2D eigenvalue weighted by Crippen LogP contribution is -2.06. The summed E-state index contributed by atoms with van der Waals surface area (Å²) in [6, 6.07) is 3.84. The van der Waals surface area contributed by atoms with E-state index in [0.717, 1.165) is 42.0 Å². The fourth-order valence-electron chi connectivity index (χ4n) is 2.14. The van der Waals surface area contributed by atoms with Crippen LogP contribution in [0.2, 0.25) is 0 Å². The molecule has 0 spiro atoms. The van der Waals surface area contributed by atoms with Gasteiger partial charge in [0, 0.05) is 29.9 Å². The molecule has 2 heterocycles. The molecule has 0 unspecified atom stereocenters. The van der Waals surface area contributed by atoms with Gasteiger partial charge in [-0.1, -0.05) is 13.3 Å². The Morgan fingerprint density at radius 1 is 1.20 bits per heavy atom. The molecule has 0 bridgehead atoms. The van der Waals surface area contributed by atoms with Crippen molar-refractivity contribution in [2.24, 2.45) is 0 Å². The smallest absolute Gasteiger partial charge is 0.213 e. The van der Waals surface area contributed by atoms with Gasteiger partial charge in [0.15, 0.2) is 0 Å². The van der Waals surface area contributed by atoms with Crippen LogP contribution in [-0.2, 0) is 6.42 Å². The number of aromatic nitrogens is 3. The fraction of sp³-hybridized carbons (Fsp3) is 0.400. The number of ether oxygens (including phenoxy) is 1. The summed E-state index contributed by atoms with van der Waals surface area (Å²) in [5, 5.41) is 3.30. The zero-order chi connectivity index (χ0) is 14.4. The van der Waals surface area contributed by atoms with E-state index in [0.29, 0.717) is 5.88 Å². The minimum atomic E-state index is 0.591. The van der Waals surface area contributed by atoms with Gasteiger partial charge in [-0.3, -0.25) is 0 Å². The Balaban J connectivity index is 2.51. The van der Waals surface area contributed by atoms with E-state index in [1.54, 1.807) is 19.6 Å². The van der Waals surface area contributed by atoms with Crippen LogP contribution in [-0.4, -0.2) is 28.6 Å². The molecule has 2 aromatic rings. The van der Waals surface area contributed by atoms with Crippen LogP contribution in [0.3, 0.4) is 0 Å². The van der Waals surface area contributed by atoms with Crippen molar-refractivity contribution in [3.05, 3.63) is 30.2 Å². The maximum Gasteiger partial charge on any atom is 0.213 e. The van der Waals surface area contributed by atoms with Gasteiger partial charge in [-0.2, -0.15) is 0 Å². The summed E-state index contributed by atoms with van der Waals surface area (Å²) in [4.78, 5) is 12.9. The van der Waals surface area contributed by atoms with E-state index in [9.17, 15) is 0 Å². The minimum Gasteiger partial charge on any atom is -0.481 e. The molecule has 5 nitrogen and oxygen atoms in total. The monoisotopic (exact) mass is 272 g/mol. The second-order valence-corrected chi connectivity index (χ2v) is 4.42. The van der Waals surface area contributed by atoms with Crippen molar-refractivity contribution < 1.29 is 4.74 Å². The normalized spacial score (nSPS) is 10.3. The molecule has 0 aliphatic heterocycles. The molecule has 5 heteroatoms. The Morgan fingerprint density at radius 2 is 2.05 bits per heavy atom. The Bertz CT molecular complexity index is 572. The van der Waals surface area contributed by atoms with Crippen molar-refractivity contribution in [2.45, 2.75) is 26.7 Å². The second kappa shape index (κ2) is 6.84. The van der Waals surface area contributed by atoms with Crippen LogP contribution < -0.4 is 10.1 Å². The predicted molar refractivity (Wildman–Crippen MR) is 80.0 cm³/mol. The molecule has 20 heavy (non-hydrogen) atoms. The molecule has 0 aliphatic carbocycles. The summed E-state index contributed by atoms with van der Waals surface area (Å²) in [5.74, 6) is 1.50. The number of methoxy groups -OCH3 is 1. The van der Waals surface area contributed by atoms with Crippen molar-refractivity contribution in [1.29, 1.82) is 0 Å². The molecule has 0 saturated heterocycles. The summed E-state index contributed by atoms with van der Waals surface area (Å²) in [6.07, 6.45) is 5.31. The predicted octanol–water partition coefficient (Wildman–Crippen LogP) is 2.93. The molecule has 0 fully saturated rings. The molecule has 2 rings (SSSR count). The number of pyridine rings is 1. The van der Waals surface area contributed by atoms with Gasteiger partial charge in [0.25, 0.3) is 0 Å². The molecular formula is C15H20N4O. The number of hydrogen-bond acceptors (Lipinski definition) is 5. The van der Waals surface area contributed by atoms with Gasteiger partial charge in [-0.05, 0) is 19.4 Å². The third kappa shape index (κ3) is 3.04. The van der Waals surface area contributed by atoms with Crippen LogP contribution in [0.15, 0.2) is 24.7 Å². The lowest BCUT2D eigenvalue weighted by molar-refractivity contribution is 0.398. The van der Waals surface area contributed by atoms with Crippen LogP contribution >= 0.6 is 0 Å². The summed E-state index contributed by atoms with van der Waals surface area (Å²) >= 11 is 0. The van der Waals surface area contributed by atoms with Gasteiger partial charge in [-0.25, -0.2) is 15.0 Å². The van der Waals surface area contributed by atoms with Crippen LogP contribution in [0.1, 0.15) is 25.8 Å². The average Bonchev–Trinajstić information content (AvgIpc) is 2.49. The van der Waals surface area contributed by atoms with Gasteiger partial charge in [-0.15, -0.1) is 0 Å². The highest BCUT2D eigenvalue weighted by Gasteiger charge is 2.12. The first-order valence-electron chi connectivity index (χ1n) is 6.88. The number of anilines is 1. The van der Waals surface area contributed by atoms with E-state index in [-0.39, 0.29) is 0 Å².